The minimum Gasteiger partial charge on any atom is -0.459 e. The largest absolute Gasteiger partial charge is 0.459 e. The van der Waals surface area contributed by atoms with Gasteiger partial charge in [0, 0.05) is 44.6 Å². The monoisotopic (exact) mass is 791 g/mol. The number of carbonyl (C=O) groups excluding carboxylic acids is 1. The van der Waals surface area contributed by atoms with Crippen molar-refractivity contribution in [3.8, 4) is 0 Å². The van der Waals surface area contributed by atoms with Gasteiger partial charge in [-0.2, -0.15) is 0 Å². The Morgan fingerprint density at radius 1 is 0.927 bits per heavy atom. The van der Waals surface area contributed by atoms with Gasteiger partial charge in [0.1, 0.15) is 30.1 Å². The number of rotatable bonds is 9. The lowest BCUT2D eigenvalue weighted by molar-refractivity contribution is -0.318. The zero-order valence-electron chi connectivity index (χ0n) is 35.8. The standard InChI is InChI=1S/C40H74N2O13/c1-15-27-40(10,47)35-22(4)30(41-28(53-35)19-48-13)20(2)17-38(8,46)34(55-37-31(43)26(42(11)12)16-21(3)50-37)23(5)32(24(6)36(45)52-27)54-29-18-39(9,49-14)33(44)25(7)51-29/h20-35,37,41,43-44,46-47H,15-19H2,1-14H3/t20-,21-,22+,23+,24-,25+,26+,27?,28-,29+,30+,31-,32?,33+,34-,35-,37+,38-,39-,40-/m1/s1. The van der Waals surface area contributed by atoms with Crippen molar-refractivity contribution in [1.29, 1.82) is 0 Å². The van der Waals surface area contributed by atoms with E-state index in [1.807, 2.05) is 53.6 Å². The molecule has 322 valence electrons. The van der Waals surface area contributed by atoms with E-state index in [0.29, 0.717) is 12.8 Å². The van der Waals surface area contributed by atoms with Crippen molar-refractivity contribution < 1.29 is 63.1 Å². The van der Waals surface area contributed by atoms with E-state index in [0.717, 1.165) is 0 Å². The minimum absolute atomic E-state index is 0.143. The second kappa shape index (κ2) is 18.5. The highest BCUT2D eigenvalue weighted by atomic mass is 16.7. The Morgan fingerprint density at radius 3 is 2.16 bits per heavy atom. The van der Waals surface area contributed by atoms with E-state index in [2.05, 4.69) is 5.32 Å². The summed E-state index contributed by atoms with van der Waals surface area (Å²) in [7, 11) is 6.88. The van der Waals surface area contributed by atoms with Crippen LogP contribution in [0.2, 0.25) is 0 Å². The first-order chi connectivity index (χ1) is 25.5. The second-order valence-corrected chi connectivity index (χ2v) is 18.0. The predicted molar refractivity (Wildman–Crippen MR) is 203 cm³/mol. The van der Waals surface area contributed by atoms with Crippen molar-refractivity contribution in [2.45, 2.75) is 191 Å². The van der Waals surface area contributed by atoms with E-state index >= 15 is 0 Å². The molecule has 0 radical (unpaired) electrons. The third-order valence-electron chi connectivity index (χ3n) is 13.1. The number of cyclic esters (lactones) is 1. The Morgan fingerprint density at radius 2 is 1.58 bits per heavy atom. The van der Waals surface area contributed by atoms with Crippen molar-refractivity contribution >= 4 is 5.97 Å². The Kier molecular flexibility index (Phi) is 15.7. The summed E-state index contributed by atoms with van der Waals surface area (Å²) in [5.41, 5.74) is -4.22. The number of methoxy groups -OCH3 is 2. The smallest absolute Gasteiger partial charge is 0.311 e. The van der Waals surface area contributed by atoms with Gasteiger partial charge >= 0.3 is 5.97 Å². The molecule has 4 aliphatic heterocycles. The number of nitrogens with zero attached hydrogens (tertiary/aromatic N) is 1. The summed E-state index contributed by atoms with van der Waals surface area (Å²) in [5, 5.41) is 51.2. The molecule has 20 atom stereocenters. The van der Waals surface area contributed by atoms with Crippen LogP contribution in [0.15, 0.2) is 0 Å². The molecule has 0 saturated carbocycles. The number of hydrogen-bond acceptors (Lipinski definition) is 15. The fourth-order valence-corrected chi connectivity index (χ4v) is 9.84. The molecule has 2 bridgehead atoms. The van der Waals surface area contributed by atoms with Gasteiger partial charge in [0.05, 0.1) is 54.2 Å². The maximum absolute atomic E-state index is 14.4. The third-order valence-corrected chi connectivity index (χ3v) is 13.1. The van der Waals surface area contributed by atoms with Gasteiger partial charge in [-0.15, -0.1) is 0 Å². The first kappa shape index (κ1) is 46.6. The molecule has 55 heavy (non-hydrogen) atoms. The number of hydrogen-bond donors (Lipinski definition) is 5. The Bertz CT molecular complexity index is 1240. The normalized spacial score (nSPS) is 50.7. The molecule has 4 rings (SSSR count). The van der Waals surface area contributed by atoms with Crippen LogP contribution in [0, 0.1) is 23.7 Å². The number of nitrogens with one attached hydrogen (secondary N) is 1. The van der Waals surface area contributed by atoms with Gasteiger partial charge in [0.2, 0.25) is 0 Å². The number of carbonyl (C=O) groups is 1. The van der Waals surface area contributed by atoms with Gasteiger partial charge in [-0.3, -0.25) is 10.1 Å². The van der Waals surface area contributed by atoms with Crippen LogP contribution >= 0.6 is 0 Å². The van der Waals surface area contributed by atoms with E-state index in [1.165, 1.54) is 7.11 Å². The summed E-state index contributed by atoms with van der Waals surface area (Å²) in [6.45, 7) is 18.4. The predicted octanol–water partition coefficient (Wildman–Crippen LogP) is 2.19. The molecular formula is C40H74N2O13. The van der Waals surface area contributed by atoms with E-state index < -0.39 is 96.1 Å². The molecule has 0 amide bonds. The summed E-state index contributed by atoms with van der Waals surface area (Å²) in [4.78, 5) is 16.4. The number of aliphatic hydroxyl groups excluding tert-OH is 2. The van der Waals surface area contributed by atoms with Crippen molar-refractivity contribution in [2.75, 3.05) is 34.9 Å². The Labute approximate surface area is 329 Å². The Balaban J connectivity index is 1.85. The third kappa shape index (κ3) is 10.0. The molecule has 0 aromatic rings. The highest BCUT2D eigenvalue weighted by molar-refractivity contribution is 5.73. The van der Waals surface area contributed by atoms with Gasteiger partial charge in [-0.1, -0.05) is 27.7 Å². The molecule has 0 aliphatic carbocycles. The van der Waals surface area contributed by atoms with Crippen LogP contribution in [0.5, 0.6) is 0 Å². The van der Waals surface area contributed by atoms with E-state index in [-0.39, 0.29) is 49.5 Å². The summed E-state index contributed by atoms with van der Waals surface area (Å²) in [6, 6.07) is -0.553. The molecule has 4 heterocycles. The summed E-state index contributed by atoms with van der Waals surface area (Å²) < 4.78 is 49.9. The van der Waals surface area contributed by atoms with Gasteiger partial charge in [0.15, 0.2) is 12.6 Å². The van der Waals surface area contributed by atoms with Gasteiger partial charge < -0.3 is 63.2 Å². The zero-order chi connectivity index (χ0) is 41.4. The maximum atomic E-state index is 14.4. The fraction of sp³-hybridized carbons (Fsp3) is 0.975. The summed E-state index contributed by atoms with van der Waals surface area (Å²) in [5.74, 6) is -2.87. The Hall–Kier alpha value is -1.05. The highest BCUT2D eigenvalue weighted by Gasteiger charge is 2.55. The van der Waals surface area contributed by atoms with Gasteiger partial charge in [0.25, 0.3) is 0 Å². The van der Waals surface area contributed by atoms with Crippen molar-refractivity contribution in [3.63, 3.8) is 0 Å². The lowest BCUT2D eigenvalue weighted by Gasteiger charge is -2.52. The molecule has 15 heteroatoms. The SMILES string of the molecule is CCC1OC(=O)[C@H](C)C(O[C@H]2C[C@@](C)(OC)[C@@H](O)[C@H](C)O2)[C@H](C)[C@@H](O[C@@H]2O[C@H](C)C[C@H](N(C)C)[C@H]2O)[C@](C)(O)C[C@@H](C)[C@@H]2N[C@@H](COC)O[C@H]([C@H]2C)[C@]1(C)O. The number of likely N-dealkylation sites (N-methyl/N-ethyl adjacent to an activating group) is 1. The molecule has 15 nitrogen and oxygen atoms in total. The molecule has 4 aliphatic rings. The number of esters is 1. The minimum atomic E-state index is -1.61. The van der Waals surface area contributed by atoms with Crippen LogP contribution in [0.25, 0.3) is 0 Å². The van der Waals surface area contributed by atoms with Crippen molar-refractivity contribution in [2.24, 2.45) is 23.7 Å². The van der Waals surface area contributed by atoms with E-state index in [1.54, 1.807) is 41.7 Å². The molecule has 0 aromatic carbocycles. The fourth-order valence-electron chi connectivity index (χ4n) is 9.84. The van der Waals surface area contributed by atoms with Crippen LogP contribution in [0.3, 0.4) is 0 Å². The number of ether oxygens (including phenoxy) is 8. The summed E-state index contributed by atoms with van der Waals surface area (Å²) in [6.07, 6.45) is -8.07. The topological polar surface area (TPSA) is 187 Å². The van der Waals surface area contributed by atoms with Crippen molar-refractivity contribution in [1.82, 2.24) is 10.2 Å². The van der Waals surface area contributed by atoms with Crippen LogP contribution in [-0.4, -0.2) is 163 Å². The molecule has 4 fully saturated rings. The highest BCUT2D eigenvalue weighted by Crippen LogP contribution is 2.42. The second-order valence-electron chi connectivity index (χ2n) is 18.0. The van der Waals surface area contributed by atoms with Crippen molar-refractivity contribution in [3.05, 3.63) is 0 Å². The molecule has 5 N–H and O–H groups in total. The lowest BCUT2D eigenvalue weighted by atomic mass is 9.71. The van der Waals surface area contributed by atoms with Gasteiger partial charge in [-0.05, 0) is 80.8 Å². The summed E-state index contributed by atoms with van der Waals surface area (Å²) >= 11 is 0. The lowest BCUT2D eigenvalue weighted by Crippen LogP contribution is -2.67. The van der Waals surface area contributed by atoms with Gasteiger partial charge in [-0.25, -0.2) is 0 Å². The van der Waals surface area contributed by atoms with Crippen LogP contribution in [-0.2, 0) is 42.7 Å². The van der Waals surface area contributed by atoms with E-state index in [4.69, 9.17) is 37.9 Å². The van der Waals surface area contributed by atoms with Crippen LogP contribution < -0.4 is 5.32 Å². The van der Waals surface area contributed by atoms with E-state index in [9.17, 15) is 25.2 Å². The number of fused-ring (bicyclic) bond motifs is 2. The molecule has 2 unspecified atom stereocenters. The average molecular weight is 791 g/mol. The number of aliphatic hydroxyl groups is 4. The maximum Gasteiger partial charge on any atom is 0.311 e. The quantitative estimate of drug-likeness (QED) is 0.214. The first-order valence-corrected chi connectivity index (χ1v) is 20.3. The van der Waals surface area contributed by atoms with Crippen LogP contribution in [0.1, 0.15) is 94.9 Å². The molecular weight excluding hydrogens is 716 g/mol. The van der Waals surface area contributed by atoms with Crippen LogP contribution in [0.4, 0.5) is 0 Å². The molecule has 4 saturated heterocycles. The molecule has 0 spiro atoms. The zero-order valence-corrected chi connectivity index (χ0v) is 35.8. The molecule has 0 aromatic heterocycles. The first-order valence-electron chi connectivity index (χ1n) is 20.3. The average Bonchev–Trinajstić information content (AvgIpc) is 3.10.